The smallest absolute Gasteiger partial charge is 0.0754 e. The summed E-state index contributed by atoms with van der Waals surface area (Å²) in [5.41, 5.74) is 26.1. The molecule has 76 heavy (non-hydrogen) atoms. The number of rotatable bonds is 7. The summed E-state index contributed by atoms with van der Waals surface area (Å²) in [6, 6.07) is 109. The Labute approximate surface area is 442 Å². The molecular weight excluding hydrogens is 917 g/mol. The van der Waals surface area contributed by atoms with Crippen LogP contribution >= 0.6 is 0 Å². The minimum atomic E-state index is -0.563. The first-order valence-corrected chi connectivity index (χ1v) is 26.5. The zero-order valence-corrected chi connectivity index (χ0v) is 41.6. The summed E-state index contributed by atoms with van der Waals surface area (Å²) in [5.74, 6) is 0. The average Bonchev–Trinajstić information content (AvgIpc) is 4.30. The summed E-state index contributed by atoms with van der Waals surface area (Å²) >= 11 is 0. The fourth-order valence-corrected chi connectivity index (χ4v) is 14.1. The lowest BCUT2D eigenvalue weighted by Crippen LogP contribution is -2.33. The molecule has 3 aliphatic rings. The molecule has 354 valence electrons. The Balaban J connectivity index is 0.965. The molecule has 0 radical (unpaired) electrons. The maximum absolute atomic E-state index is 2.56. The van der Waals surface area contributed by atoms with Crippen molar-refractivity contribution in [3.8, 4) is 50.2 Å². The summed E-state index contributed by atoms with van der Waals surface area (Å²) in [5, 5.41) is 2.46. The van der Waals surface area contributed by atoms with E-state index in [0.717, 1.165) is 28.2 Å². The predicted molar refractivity (Wildman–Crippen MR) is 315 cm³/mol. The molecule has 1 aliphatic heterocycles. The normalized spacial score (nSPS) is 13.7. The van der Waals surface area contributed by atoms with Crippen molar-refractivity contribution >= 4 is 38.9 Å². The highest BCUT2D eigenvalue weighted by molar-refractivity contribution is 6.14. The number of para-hydroxylation sites is 3. The molecule has 12 aromatic carbocycles. The summed E-state index contributed by atoms with van der Waals surface area (Å²) < 4.78 is 2.56. The van der Waals surface area contributed by atoms with Gasteiger partial charge in [0.25, 0.3) is 0 Å². The van der Waals surface area contributed by atoms with Crippen molar-refractivity contribution < 1.29 is 0 Å². The number of hydrogen-bond acceptors (Lipinski definition) is 1. The number of benzene rings is 12. The summed E-state index contributed by atoms with van der Waals surface area (Å²) in [6.07, 6.45) is 0. The summed E-state index contributed by atoms with van der Waals surface area (Å²) in [6.45, 7) is 0. The molecule has 0 saturated heterocycles. The highest BCUT2D eigenvalue weighted by atomic mass is 15.1. The molecule has 2 heterocycles. The van der Waals surface area contributed by atoms with Gasteiger partial charge in [-0.05, 0) is 126 Å². The zero-order valence-electron chi connectivity index (χ0n) is 41.6. The van der Waals surface area contributed by atoms with E-state index in [1.807, 2.05) is 0 Å². The van der Waals surface area contributed by atoms with Crippen LogP contribution in [0.25, 0.3) is 72.0 Å². The Morgan fingerprint density at radius 1 is 0.276 bits per heavy atom. The lowest BCUT2D eigenvalue weighted by Gasteiger charge is -2.39. The first kappa shape index (κ1) is 42.7. The second kappa shape index (κ2) is 16.4. The molecule has 0 saturated carbocycles. The number of anilines is 3. The topological polar surface area (TPSA) is 8.17 Å². The monoisotopic (exact) mass is 964 g/mol. The molecule has 16 rings (SSSR count). The third-order valence-corrected chi connectivity index (χ3v) is 17.1. The number of aromatic nitrogens is 1. The van der Waals surface area contributed by atoms with Gasteiger partial charge in [0.15, 0.2) is 0 Å². The maximum atomic E-state index is 2.56. The van der Waals surface area contributed by atoms with Crippen LogP contribution in [0.3, 0.4) is 0 Å². The van der Waals surface area contributed by atoms with Crippen molar-refractivity contribution in [1.82, 2.24) is 4.57 Å². The van der Waals surface area contributed by atoms with Crippen molar-refractivity contribution in [2.45, 2.75) is 10.8 Å². The minimum absolute atomic E-state index is 0.483. The molecule has 1 aromatic heterocycles. The van der Waals surface area contributed by atoms with Gasteiger partial charge in [0.2, 0.25) is 0 Å². The SMILES string of the molecule is c1ccc(-c2ccc(-c3ccccc3N(c3ccc4c(c3)C(c3ccccc3)(c3ccccc3)c3ccccc3-4)c3ccc4c(c3)c3cccc5c3n4-c3ccccc3C53c4ccccc4-c4ccccc43)cc2)cc1. The van der Waals surface area contributed by atoms with E-state index in [9.17, 15) is 0 Å². The van der Waals surface area contributed by atoms with Crippen LogP contribution in [-0.2, 0) is 10.8 Å². The fraction of sp³-hybridized carbons (Fsp3) is 0.0270. The Hall–Kier alpha value is -9.76. The Kier molecular flexibility index (Phi) is 9.20. The number of fused-ring (bicyclic) bond motifs is 15. The lowest BCUT2D eigenvalue weighted by molar-refractivity contribution is 0.748. The van der Waals surface area contributed by atoms with Gasteiger partial charge in [-0.25, -0.2) is 0 Å². The van der Waals surface area contributed by atoms with Gasteiger partial charge >= 0.3 is 0 Å². The third kappa shape index (κ3) is 5.76. The largest absolute Gasteiger partial charge is 0.310 e. The van der Waals surface area contributed by atoms with E-state index < -0.39 is 10.8 Å². The molecule has 0 fully saturated rings. The van der Waals surface area contributed by atoms with Gasteiger partial charge in [-0.2, -0.15) is 0 Å². The second-order valence-corrected chi connectivity index (χ2v) is 20.7. The van der Waals surface area contributed by atoms with Crippen LogP contribution in [0.2, 0.25) is 0 Å². The van der Waals surface area contributed by atoms with Gasteiger partial charge in [-0.15, -0.1) is 0 Å². The van der Waals surface area contributed by atoms with Crippen molar-refractivity contribution in [2.75, 3.05) is 4.90 Å². The fourth-order valence-electron chi connectivity index (χ4n) is 14.1. The molecule has 2 aliphatic carbocycles. The van der Waals surface area contributed by atoms with Crippen LogP contribution in [0.5, 0.6) is 0 Å². The van der Waals surface area contributed by atoms with Crippen LogP contribution in [0, 0.1) is 0 Å². The van der Waals surface area contributed by atoms with Gasteiger partial charge in [0.05, 0.1) is 33.2 Å². The Bertz CT molecular complexity index is 4370. The van der Waals surface area contributed by atoms with Gasteiger partial charge in [-0.3, -0.25) is 0 Å². The zero-order chi connectivity index (χ0) is 50.0. The van der Waals surface area contributed by atoms with Crippen molar-refractivity contribution in [3.05, 3.63) is 336 Å². The van der Waals surface area contributed by atoms with Crippen LogP contribution < -0.4 is 4.90 Å². The van der Waals surface area contributed by atoms with E-state index in [0.29, 0.717) is 0 Å². The summed E-state index contributed by atoms with van der Waals surface area (Å²) in [7, 11) is 0. The third-order valence-electron chi connectivity index (χ3n) is 17.1. The van der Waals surface area contributed by atoms with E-state index >= 15 is 0 Å². The molecule has 0 unspecified atom stereocenters. The number of hydrogen-bond donors (Lipinski definition) is 0. The molecule has 13 aromatic rings. The molecule has 0 N–H and O–H groups in total. The molecular formula is C74H48N2. The Morgan fingerprint density at radius 3 is 1.41 bits per heavy atom. The molecule has 2 heteroatoms. The molecule has 0 atom stereocenters. The van der Waals surface area contributed by atoms with Crippen LogP contribution in [0.4, 0.5) is 17.1 Å². The summed E-state index contributed by atoms with van der Waals surface area (Å²) in [4.78, 5) is 2.52. The van der Waals surface area contributed by atoms with E-state index in [1.165, 1.54) is 105 Å². The molecule has 1 spiro atoms. The van der Waals surface area contributed by atoms with E-state index in [1.54, 1.807) is 0 Å². The van der Waals surface area contributed by atoms with E-state index in [4.69, 9.17) is 0 Å². The van der Waals surface area contributed by atoms with Gasteiger partial charge in [-0.1, -0.05) is 249 Å². The quantitative estimate of drug-likeness (QED) is 0.155. The van der Waals surface area contributed by atoms with Gasteiger partial charge in [0.1, 0.15) is 0 Å². The average molecular weight is 965 g/mol. The molecule has 0 bridgehead atoms. The second-order valence-electron chi connectivity index (χ2n) is 20.7. The highest BCUT2D eigenvalue weighted by Gasteiger charge is 2.51. The highest BCUT2D eigenvalue weighted by Crippen LogP contribution is 2.62. The van der Waals surface area contributed by atoms with Crippen molar-refractivity contribution in [1.29, 1.82) is 0 Å². The van der Waals surface area contributed by atoms with E-state index in [-0.39, 0.29) is 0 Å². The minimum Gasteiger partial charge on any atom is -0.310 e. The van der Waals surface area contributed by atoms with Gasteiger partial charge < -0.3 is 9.47 Å². The number of nitrogens with zero attached hydrogens (tertiary/aromatic N) is 2. The van der Waals surface area contributed by atoms with Crippen LogP contribution in [0.15, 0.2) is 291 Å². The lowest BCUT2D eigenvalue weighted by atomic mass is 9.65. The predicted octanol–water partition coefficient (Wildman–Crippen LogP) is 18.6. The standard InChI is InChI=1S/C74H48N2/c1-4-21-49(22-5-1)50-39-41-51(42-40-50)56-27-13-18-37-69(56)75(55-43-45-60-59-30-10-14-32-63(59)73(68(60)48-55,52-23-6-2-7-24-52)53-25-8-3-9-26-53)54-44-46-70-62(47-54)61-31-20-36-67-72(61)76(70)71-38-19-17-35-66(71)74(67)64-33-15-11-28-57(64)58-29-12-16-34-65(58)74/h1-48H. The van der Waals surface area contributed by atoms with Crippen LogP contribution in [-0.4, -0.2) is 4.57 Å². The van der Waals surface area contributed by atoms with Crippen LogP contribution in [0.1, 0.15) is 44.5 Å². The van der Waals surface area contributed by atoms with Crippen molar-refractivity contribution in [3.63, 3.8) is 0 Å². The first-order chi connectivity index (χ1) is 37.7. The van der Waals surface area contributed by atoms with E-state index in [2.05, 4.69) is 301 Å². The molecule has 0 amide bonds. The molecule has 2 nitrogen and oxygen atoms in total. The maximum Gasteiger partial charge on any atom is 0.0754 e. The Morgan fingerprint density at radius 2 is 0.750 bits per heavy atom. The first-order valence-electron chi connectivity index (χ1n) is 26.5. The van der Waals surface area contributed by atoms with Crippen molar-refractivity contribution in [2.24, 2.45) is 0 Å². The van der Waals surface area contributed by atoms with Gasteiger partial charge in [0, 0.05) is 27.7 Å².